The highest BCUT2D eigenvalue weighted by molar-refractivity contribution is 6.04. The number of aliphatic hydroxyl groups excluding tert-OH is 1. The van der Waals surface area contributed by atoms with Crippen LogP contribution in [0.1, 0.15) is 33.6 Å². The van der Waals surface area contributed by atoms with Gasteiger partial charge in [0.05, 0.1) is 30.8 Å². The van der Waals surface area contributed by atoms with Gasteiger partial charge in [0, 0.05) is 5.69 Å². The first-order valence-electron chi connectivity index (χ1n) is 11.9. The lowest BCUT2D eigenvalue weighted by Crippen LogP contribution is -2.55. The van der Waals surface area contributed by atoms with Crippen LogP contribution in [0.3, 0.4) is 0 Å². The van der Waals surface area contributed by atoms with Crippen LogP contribution < -0.4 is 5.32 Å². The Bertz CT molecular complexity index is 1170. The Morgan fingerprint density at radius 1 is 1.24 bits per heavy atom. The minimum absolute atomic E-state index is 0.196. The third-order valence-corrected chi connectivity index (χ3v) is 7.76. The Labute approximate surface area is 198 Å². The summed E-state index contributed by atoms with van der Waals surface area (Å²) in [5.74, 6) is -2.83. The second kappa shape index (κ2) is 8.06. The number of fused-ring (bicyclic) bond motifs is 2. The first-order valence-corrected chi connectivity index (χ1v) is 11.9. The van der Waals surface area contributed by atoms with Crippen LogP contribution in [0, 0.1) is 11.8 Å². The number of aliphatic hydroxyl groups is 1. The molecule has 8 nitrogen and oxygen atoms in total. The number of nitrogens with one attached hydrogen (secondary N) is 1. The first-order chi connectivity index (χ1) is 16.3. The van der Waals surface area contributed by atoms with Gasteiger partial charge in [-0.15, -0.1) is 0 Å². The Hall–Kier alpha value is -2.97. The molecule has 2 amide bonds. The van der Waals surface area contributed by atoms with Crippen LogP contribution in [0.5, 0.6) is 0 Å². The number of hydrogen-bond donors (Lipinski definition) is 2. The summed E-state index contributed by atoms with van der Waals surface area (Å²) in [7, 11) is 0. The quantitative estimate of drug-likeness (QED) is 0.634. The van der Waals surface area contributed by atoms with Crippen LogP contribution in [-0.4, -0.2) is 64.3 Å². The van der Waals surface area contributed by atoms with Crippen molar-refractivity contribution < 1.29 is 29.0 Å². The summed E-state index contributed by atoms with van der Waals surface area (Å²) >= 11 is 0. The van der Waals surface area contributed by atoms with Crippen molar-refractivity contribution in [2.75, 3.05) is 18.5 Å². The van der Waals surface area contributed by atoms with Crippen molar-refractivity contribution in [2.45, 2.75) is 56.9 Å². The summed E-state index contributed by atoms with van der Waals surface area (Å²) in [4.78, 5) is 41.9. The van der Waals surface area contributed by atoms with E-state index in [9.17, 15) is 19.5 Å². The van der Waals surface area contributed by atoms with Crippen LogP contribution >= 0.6 is 0 Å². The molecule has 0 aliphatic carbocycles. The summed E-state index contributed by atoms with van der Waals surface area (Å²) in [6.07, 6.45) is 1.02. The van der Waals surface area contributed by atoms with E-state index in [1.165, 1.54) is 4.90 Å². The molecule has 3 aliphatic rings. The maximum absolute atomic E-state index is 13.8. The molecule has 2 bridgehead atoms. The number of benzene rings is 2. The zero-order chi connectivity index (χ0) is 24.3. The largest absolute Gasteiger partial charge is 0.466 e. The summed E-state index contributed by atoms with van der Waals surface area (Å²) in [5.41, 5.74) is -1.41. The van der Waals surface area contributed by atoms with Crippen molar-refractivity contribution in [1.82, 2.24) is 4.90 Å². The van der Waals surface area contributed by atoms with Gasteiger partial charge in [-0.3, -0.25) is 14.4 Å². The van der Waals surface area contributed by atoms with Gasteiger partial charge in [-0.2, -0.15) is 0 Å². The molecule has 2 unspecified atom stereocenters. The van der Waals surface area contributed by atoms with Gasteiger partial charge < -0.3 is 24.8 Å². The summed E-state index contributed by atoms with van der Waals surface area (Å²) in [5, 5.41) is 14.9. The lowest BCUT2D eigenvalue weighted by Gasteiger charge is -2.35. The number of nitrogens with zero attached hydrogens (tertiary/aromatic N) is 1. The number of anilines is 1. The fraction of sp³-hybridized carbons (Fsp3) is 0.500. The van der Waals surface area contributed by atoms with Gasteiger partial charge in [-0.05, 0) is 56.5 Å². The molecule has 3 fully saturated rings. The number of ether oxygens (including phenoxy) is 2. The molecule has 1 spiro atoms. The highest BCUT2D eigenvalue weighted by Crippen LogP contribution is 2.63. The molecule has 8 heteroatoms. The Balaban J connectivity index is 1.53. The molecule has 0 saturated carbocycles. The fourth-order valence-corrected chi connectivity index (χ4v) is 6.29. The molecule has 34 heavy (non-hydrogen) atoms. The molecule has 3 saturated heterocycles. The molecule has 3 heterocycles. The SMILES string of the molecule is CCOC(=O)[C@@H]1[C@H]2C(=O)N([C@H](C)CO)C(C(=O)Nc3ccc4ccccc4c3)C23CC[C@@]1(C)O3. The number of rotatable bonds is 6. The summed E-state index contributed by atoms with van der Waals surface area (Å²) in [6.45, 7) is 5.13. The van der Waals surface area contributed by atoms with Gasteiger partial charge in [0.25, 0.3) is 0 Å². The summed E-state index contributed by atoms with van der Waals surface area (Å²) < 4.78 is 11.8. The molecular formula is C26H30N2O6. The Morgan fingerprint density at radius 2 is 1.97 bits per heavy atom. The summed E-state index contributed by atoms with van der Waals surface area (Å²) in [6, 6.07) is 11.9. The Kier molecular flexibility index (Phi) is 5.41. The molecule has 2 N–H and O–H groups in total. The number of amides is 2. The van der Waals surface area contributed by atoms with Gasteiger partial charge in [0.15, 0.2) is 0 Å². The van der Waals surface area contributed by atoms with Gasteiger partial charge >= 0.3 is 5.97 Å². The molecule has 2 aromatic rings. The van der Waals surface area contributed by atoms with Crippen molar-refractivity contribution in [1.29, 1.82) is 0 Å². The zero-order valence-corrected chi connectivity index (χ0v) is 19.6. The topological polar surface area (TPSA) is 105 Å². The first kappa shape index (κ1) is 22.8. The van der Waals surface area contributed by atoms with Gasteiger partial charge in [-0.25, -0.2) is 0 Å². The van der Waals surface area contributed by atoms with Crippen LogP contribution in [-0.2, 0) is 23.9 Å². The molecule has 0 radical (unpaired) electrons. The minimum atomic E-state index is -1.15. The maximum Gasteiger partial charge on any atom is 0.312 e. The average Bonchev–Trinajstić information content (AvgIpc) is 3.39. The van der Waals surface area contributed by atoms with Crippen molar-refractivity contribution in [3.63, 3.8) is 0 Å². The highest BCUT2D eigenvalue weighted by atomic mass is 16.6. The normalized spacial score (nSPS) is 32.6. The van der Waals surface area contributed by atoms with Crippen molar-refractivity contribution in [3.05, 3.63) is 42.5 Å². The van der Waals surface area contributed by atoms with E-state index in [0.717, 1.165) is 10.8 Å². The molecule has 180 valence electrons. The molecule has 5 rings (SSSR count). The van der Waals surface area contributed by atoms with E-state index in [0.29, 0.717) is 18.5 Å². The van der Waals surface area contributed by atoms with E-state index < -0.39 is 41.1 Å². The predicted molar refractivity (Wildman–Crippen MR) is 125 cm³/mol. The molecule has 3 aliphatic heterocycles. The minimum Gasteiger partial charge on any atom is -0.466 e. The van der Waals surface area contributed by atoms with Crippen LogP contribution in [0.15, 0.2) is 42.5 Å². The average molecular weight is 467 g/mol. The highest BCUT2D eigenvalue weighted by Gasteiger charge is 2.78. The zero-order valence-electron chi connectivity index (χ0n) is 19.6. The Morgan fingerprint density at radius 3 is 2.68 bits per heavy atom. The van der Waals surface area contributed by atoms with Gasteiger partial charge in [-0.1, -0.05) is 30.3 Å². The van der Waals surface area contributed by atoms with Crippen LogP contribution in [0.2, 0.25) is 0 Å². The second-order valence-electron chi connectivity index (χ2n) is 9.81. The lowest BCUT2D eigenvalue weighted by atomic mass is 9.66. The van der Waals surface area contributed by atoms with E-state index in [4.69, 9.17) is 9.47 Å². The lowest BCUT2D eigenvalue weighted by molar-refractivity contribution is -0.159. The number of carbonyl (C=O) groups is 3. The fourth-order valence-electron chi connectivity index (χ4n) is 6.29. The monoisotopic (exact) mass is 466 g/mol. The van der Waals surface area contributed by atoms with E-state index >= 15 is 0 Å². The van der Waals surface area contributed by atoms with E-state index in [-0.39, 0.29) is 25.0 Å². The number of likely N-dealkylation sites (tertiary alicyclic amines) is 1. The molecule has 2 aromatic carbocycles. The van der Waals surface area contributed by atoms with Crippen LogP contribution in [0.25, 0.3) is 10.8 Å². The maximum atomic E-state index is 13.8. The second-order valence-corrected chi connectivity index (χ2v) is 9.81. The van der Waals surface area contributed by atoms with Crippen molar-refractivity contribution in [3.8, 4) is 0 Å². The third kappa shape index (κ3) is 3.15. The van der Waals surface area contributed by atoms with Gasteiger partial charge in [0.1, 0.15) is 17.6 Å². The molecule has 6 atom stereocenters. The van der Waals surface area contributed by atoms with E-state index in [1.807, 2.05) is 49.4 Å². The van der Waals surface area contributed by atoms with Crippen LogP contribution in [0.4, 0.5) is 5.69 Å². The van der Waals surface area contributed by atoms with Crippen molar-refractivity contribution >= 4 is 34.2 Å². The van der Waals surface area contributed by atoms with E-state index in [1.54, 1.807) is 13.8 Å². The third-order valence-electron chi connectivity index (χ3n) is 7.76. The van der Waals surface area contributed by atoms with E-state index in [2.05, 4.69) is 5.32 Å². The smallest absolute Gasteiger partial charge is 0.312 e. The standard InChI is InChI=1S/C26H30N2O6/c1-4-33-24(32)20-19-23(31)28(15(2)14-29)21(26(19)12-11-25(20,3)34-26)22(30)27-18-10-9-16-7-5-6-8-17(16)13-18/h5-10,13,15,19-21,29H,4,11-12,14H2,1-3H3,(H,27,30)/t15-,19+,20+,21?,25-,26?/m1/s1. The number of esters is 1. The number of carbonyl (C=O) groups excluding carboxylic acids is 3. The predicted octanol–water partition coefficient (Wildman–Crippen LogP) is 2.49. The molecular weight excluding hydrogens is 436 g/mol. The number of hydrogen-bond acceptors (Lipinski definition) is 6. The van der Waals surface area contributed by atoms with Crippen molar-refractivity contribution in [2.24, 2.45) is 11.8 Å². The molecule has 0 aromatic heterocycles. The van der Waals surface area contributed by atoms with Gasteiger partial charge in [0.2, 0.25) is 11.8 Å².